The number of halogens is 2. The Labute approximate surface area is 84.8 Å². The van der Waals surface area contributed by atoms with Crippen LogP contribution in [-0.4, -0.2) is 27.1 Å². The van der Waals surface area contributed by atoms with E-state index in [0.717, 1.165) is 0 Å². The van der Waals surface area contributed by atoms with Gasteiger partial charge >= 0.3 is 0 Å². The fourth-order valence-electron chi connectivity index (χ4n) is 1.13. The van der Waals surface area contributed by atoms with Gasteiger partial charge in [-0.3, -0.25) is 9.48 Å². The minimum atomic E-state index is -3.11. The third-order valence-corrected chi connectivity index (χ3v) is 1.78. The van der Waals surface area contributed by atoms with E-state index < -0.39 is 18.0 Å². The number of aliphatic hydroxyl groups is 1. The molecule has 0 bridgehead atoms. The average molecular weight is 216 g/mol. The predicted octanol–water partition coefficient (Wildman–Crippen LogP) is 1.46. The zero-order valence-electron chi connectivity index (χ0n) is 8.24. The van der Waals surface area contributed by atoms with Crippen molar-refractivity contribution < 1.29 is 18.7 Å². The SMILES string of the molecule is Cc1nn(C)cc1C(O)=CC(=O)C(F)F. The quantitative estimate of drug-likeness (QED) is 0.614. The smallest absolute Gasteiger partial charge is 0.300 e. The van der Waals surface area contributed by atoms with E-state index in [0.29, 0.717) is 11.8 Å². The van der Waals surface area contributed by atoms with Crippen LogP contribution in [0.5, 0.6) is 0 Å². The first-order valence-electron chi connectivity index (χ1n) is 4.15. The molecule has 1 heterocycles. The van der Waals surface area contributed by atoms with Gasteiger partial charge in [-0.25, -0.2) is 8.78 Å². The highest BCUT2D eigenvalue weighted by atomic mass is 19.3. The Hall–Kier alpha value is -1.72. The number of aryl methyl sites for hydroxylation is 2. The van der Waals surface area contributed by atoms with Crippen LogP contribution < -0.4 is 0 Å². The second-order valence-corrected chi connectivity index (χ2v) is 3.03. The molecule has 0 aromatic carbocycles. The van der Waals surface area contributed by atoms with E-state index in [1.165, 1.54) is 10.9 Å². The Bertz CT molecular complexity index is 410. The van der Waals surface area contributed by atoms with Crippen LogP contribution in [0, 0.1) is 6.92 Å². The van der Waals surface area contributed by atoms with Gasteiger partial charge in [-0.05, 0) is 6.92 Å². The molecule has 1 aromatic rings. The lowest BCUT2D eigenvalue weighted by molar-refractivity contribution is -0.124. The van der Waals surface area contributed by atoms with E-state index in [1.54, 1.807) is 14.0 Å². The minimum Gasteiger partial charge on any atom is -0.507 e. The van der Waals surface area contributed by atoms with Crippen LogP contribution in [0.2, 0.25) is 0 Å². The molecule has 0 radical (unpaired) electrons. The van der Waals surface area contributed by atoms with Crippen LogP contribution in [0.4, 0.5) is 8.78 Å². The first-order valence-corrected chi connectivity index (χ1v) is 4.15. The summed E-state index contributed by atoms with van der Waals surface area (Å²) >= 11 is 0. The maximum absolute atomic E-state index is 11.9. The third kappa shape index (κ3) is 2.61. The van der Waals surface area contributed by atoms with Crippen LogP contribution in [0.3, 0.4) is 0 Å². The molecule has 0 amide bonds. The molecule has 1 aromatic heterocycles. The summed E-state index contributed by atoms with van der Waals surface area (Å²) < 4.78 is 25.2. The number of hydrogen-bond acceptors (Lipinski definition) is 3. The maximum atomic E-state index is 11.9. The molecule has 0 atom stereocenters. The minimum absolute atomic E-state index is 0.270. The van der Waals surface area contributed by atoms with E-state index in [-0.39, 0.29) is 5.56 Å². The zero-order valence-corrected chi connectivity index (χ0v) is 8.24. The number of aromatic nitrogens is 2. The highest BCUT2D eigenvalue weighted by Crippen LogP contribution is 2.15. The second-order valence-electron chi connectivity index (χ2n) is 3.03. The van der Waals surface area contributed by atoms with E-state index in [2.05, 4.69) is 5.10 Å². The molecule has 0 saturated heterocycles. The fraction of sp³-hybridized carbons (Fsp3) is 0.333. The predicted molar refractivity (Wildman–Crippen MR) is 49.6 cm³/mol. The number of aliphatic hydroxyl groups excluding tert-OH is 1. The van der Waals surface area contributed by atoms with Gasteiger partial charge in [0.1, 0.15) is 5.76 Å². The van der Waals surface area contributed by atoms with Crippen molar-refractivity contribution in [3.63, 3.8) is 0 Å². The van der Waals surface area contributed by atoms with Crippen molar-refractivity contribution in [3.8, 4) is 0 Å². The molecule has 0 spiro atoms. The molecule has 82 valence electrons. The van der Waals surface area contributed by atoms with Crippen LogP contribution in [0.25, 0.3) is 5.76 Å². The molecule has 15 heavy (non-hydrogen) atoms. The Balaban J connectivity index is 2.99. The maximum Gasteiger partial charge on any atom is 0.300 e. The largest absolute Gasteiger partial charge is 0.507 e. The summed E-state index contributed by atoms with van der Waals surface area (Å²) in [6, 6.07) is 0. The number of carbonyl (C=O) groups is 1. The second kappa shape index (κ2) is 4.20. The van der Waals surface area contributed by atoms with Gasteiger partial charge in [0.05, 0.1) is 11.3 Å². The fourth-order valence-corrected chi connectivity index (χ4v) is 1.13. The number of alkyl halides is 2. The Kier molecular flexibility index (Phi) is 3.18. The van der Waals surface area contributed by atoms with Gasteiger partial charge in [-0.2, -0.15) is 5.10 Å². The highest BCUT2D eigenvalue weighted by molar-refractivity contribution is 5.97. The normalized spacial score (nSPS) is 12.2. The molecule has 0 aliphatic rings. The molecular formula is C9H10F2N2O2. The van der Waals surface area contributed by atoms with Crippen molar-refractivity contribution in [3.05, 3.63) is 23.5 Å². The molecule has 6 heteroatoms. The number of hydrogen-bond donors (Lipinski definition) is 1. The van der Waals surface area contributed by atoms with Gasteiger partial charge in [-0.15, -0.1) is 0 Å². The number of carbonyl (C=O) groups excluding carboxylic acids is 1. The van der Waals surface area contributed by atoms with E-state index in [1.807, 2.05) is 0 Å². The number of allylic oxidation sites excluding steroid dienone is 1. The van der Waals surface area contributed by atoms with Crippen molar-refractivity contribution in [2.24, 2.45) is 7.05 Å². The first kappa shape index (κ1) is 11.4. The lowest BCUT2D eigenvalue weighted by atomic mass is 10.2. The summed E-state index contributed by atoms with van der Waals surface area (Å²) in [6.45, 7) is 1.60. The summed E-state index contributed by atoms with van der Waals surface area (Å²) in [5, 5.41) is 13.3. The lowest BCUT2D eigenvalue weighted by Gasteiger charge is -1.96. The van der Waals surface area contributed by atoms with Gasteiger partial charge in [0.25, 0.3) is 6.43 Å². The molecule has 0 saturated carbocycles. The standard InChI is InChI=1S/C9H10F2N2O2/c1-5-6(4-13(2)12-5)7(14)3-8(15)9(10)11/h3-4,9,14H,1-2H3. The van der Waals surface area contributed by atoms with Crippen molar-refractivity contribution in [1.29, 1.82) is 0 Å². The molecule has 0 unspecified atom stereocenters. The van der Waals surface area contributed by atoms with Crippen LogP contribution in [-0.2, 0) is 11.8 Å². The van der Waals surface area contributed by atoms with Gasteiger partial charge in [0.15, 0.2) is 0 Å². The van der Waals surface area contributed by atoms with E-state index in [4.69, 9.17) is 0 Å². The number of ketones is 1. The van der Waals surface area contributed by atoms with E-state index in [9.17, 15) is 18.7 Å². The van der Waals surface area contributed by atoms with Crippen LogP contribution in [0.1, 0.15) is 11.3 Å². The van der Waals surface area contributed by atoms with Gasteiger partial charge in [0, 0.05) is 19.3 Å². The zero-order chi connectivity index (χ0) is 11.6. The number of nitrogens with zero attached hydrogens (tertiary/aromatic N) is 2. The van der Waals surface area contributed by atoms with Crippen molar-refractivity contribution in [1.82, 2.24) is 9.78 Å². The Morgan fingerprint density at radius 3 is 2.67 bits per heavy atom. The topological polar surface area (TPSA) is 55.1 Å². The molecule has 0 aliphatic heterocycles. The first-order chi connectivity index (χ1) is 6.91. The summed E-state index contributed by atoms with van der Waals surface area (Å²) in [5.41, 5.74) is 0.736. The molecule has 4 nitrogen and oxygen atoms in total. The highest BCUT2D eigenvalue weighted by Gasteiger charge is 2.15. The lowest BCUT2D eigenvalue weighted by Crippen LogP contribution is -2.06. The Morgan fingerprint density at radius 2 is 2.27 bits per heavy atom. The Morgan fingerprint density at radius 1 is 1.67 bits per heavy atom. The average Bonchev–Trinajstić information content (AvgIpc) is 2.44. The molecular weight excluding hydrogens is 206 g/mol. The van der Waals surface area contributed by atoms with Crippen molar-refractivity contribution >= 4 is 11.5 Å². The third-order valence-electron chi connectivity index (χ3n) is 1.78. The number of rotatable bonds is 3. The summed E-state index contributed by atoms with van der Waals surface area (Å²) in [6.07, 6.45) is -1.15. The monoisotopic (exact) mass is 216 g/mol. The summed E-state index contributed by atoms with van der Waals surface area (Å²) in [4.78, 5) is 10.6. The van der Waals surface area contributed by atoms with E-state index >= 15 is 0 Å². The summed E-state index contributed by atoms with van der Waals surface area (Å²) in [7, 11) is 1.62. The molecule has 1 N–H and O–H groups in total. The van der Waals surface area contributed by atoms with Gasteiger partial charge in [0.2, 0.25) is 5.78 Å². The van der Waals surface area contributed by atoms with Crippen molar-refractivity contribution in [2.75, 3.05) is 0 Å². The van der Waals surface area contributed by atoms with Gasteiger partial charge < -0.3 is 5.11 Å². The van der Waals surface area contributed by atoms with Crippen LogP contribution >= 0.6 is 0 Å². The van der Waals surface area contributed by atoms with Gasteiger partial charge in [-0.1, -0.05) is 0 Å². The van der Waals surface area contributed by atoms with Crippen molar-refractivity contribution in [2.45, 2.75) is 13.3 Å². The molecule has 1 rings (SSSR count). The molecule has 0 aliphatic carbocycles. The van der Waals surface area contributed by atoms with Crippen LogP contribution in [0.15, 0.2) is 12.3 Å². The molecule has 0 fully saturated rings. The summed E-state index contributed by atoms with van der Waals surface area (Å²) in [5.74, 6) is -1.92.